The van der Waals surface area contributed by atoms with Gasteiger partial charge >= 0.3 is 0 Å². The first-order chi connectivity index (χ1) is 8.63. The molecular weight excluding hydrogens is 231 g/mol. The molecule has 0 radical (unpaired) electrons. The first-order valence-corrected chi connectivity index (χ1v) is 6.41. The number of halogens is 1. The van der Waals surface area contributed by atoms with Gasteiger partial charge in [0.05, 0.1) is 5.56 Å². The van der Waals surface area contributed by atoms with E-state index in [0.29, 0.717) is 19.1 Å². The lowest BCUT2D eigenvalue weighted by Crippen LogP contribution is -2.53. The molecule has 1 atom stereocenters. The lowest BCUT2D eigenvalue weighted by atomic mass is 10.1. The third-order valence-electron chi connectivity index (χ3n) is 3.56. The maximum absolute atomic E-state index is 13.6. The molecule has 0 bridgehead atoms. The molecule has 1 aliphatic rings. The van der Waals surface area contributed by atoms with Crippen LogP contribution in [0.15, 0.2) is 24.3 Å². The number of hydrogen-bond donors (Lipinski definition) is 0. The number of carbonyl (C=O) groups is 1. The van der Waals surface area contributed by atoms with Gasteiger partial charge in [0.2, 0.25) is 0 Å². The second-order valence-electron chi connectivity index (χ2n) is 4.71. The minimum absolute atomic E-state index is 0.176. The van der Waals surface area contributed by atoms with Crippen LogP contribution in [0.4, 0.5) is 4.39 Å². The number of benzene rings is 1. The summed E-state index contributed by atoms with van der Waals surface area (Å²) >= 11 is 0. The Kier molecular flexibility index (Phi) is 3.97. The Balaban J connectivity index is 2.10. The minimum Gasteiger partial charge on any atom is -0.336 e. The van der Waals surface area contributed by atoms with Crippen LogP contribution in [0.5, 0.6) is 0 Å². The van der Waals surface area contributed by atoms with Gasteiger partial charge in [-0.15, -0.1) is 0 Å². The van der Waals surface area contributed by atoms with Crippen molar-refractivity contribution in [3.8, 4) is 0 Å². The summed E-state index contributed by atoms with van der Waals surface area (Å²) in [5.41, 5.74) is 0.176. The van der Waals surface area contributed by atoms with Crippen LogP contribution in [0.3, 0.4) is 0 Å². The van der Waals surface area contributed by atoms with E-state index in [4.69, 9.17) is 0 Å². The molecule has 0 saturated carbocycles. The second-order valence-corrected chi connectivity index (χ2v) is 4.71. The average molecular weight is 250 g/mol. The molecule has 1 unspecified atom stereocenters. The van der Waals surface area contributed by atoms with E-state index in [9.17, 15) is 9.18 Å². The van der Waals surface area contributed by atoms with Gasteiger partial charge in [0.25, 0.3) is 5.91 Å². The van der Waals surface area contributed by atoms with Crippen molar-refractivity contribution in [2.24, 2.45) is 0 Å². The van der Waals surface area contributed by atoms with Crippen LogP contribution in [0.25, 0.3) is 0 Å². The van der Waals surface area contributed by atoms with Crippen LogP contribution in [0.1, 0.15) is 24.2 Å². The highest BCUT2D eigenvalue weighted by Gasteiger charge is 2.27. The zero-order valence-corrected chi connectivity index (χ0v) is 10.9. The van der Waals surface area contributed by atoms with E-state index in [1.807, 2.05) is 0 Å². The van der Waals surface area contributed by atoms with Crippen molar-refractivity contribution in [2.75, 3.05) is 26.2 Å². The lowest BCUT2D eigenvalue weighted by Gasteiger charge is -2.39. The van der Waals surface area contributed by atoms with E-state index in [1.54, 1.807) is 23.1 Å². The van der Waals surface area contributed by atoms with Crippen LogP contribution in [-0.2, 0) is 0 Å². The zero-order chi connectivity index (χ0) is 13.1. The fourth-order valence-corrected chi connectivity index (χ4v) is 2.45. The number of carbonyl (C=O) groups excluding carboxylic acids is 1. The molecule has 3 nitrogen and oxygen atoms in total. The van der Waals surface area contributed by atoms with Gasteiger partial charge in [-0.25, -0.2) is 4.39 Å². The minimum atomic E-state index is -0.437. The summed E-state index contributed by atoms with van der Waals surface area (Å²) in [6, 6.07) is 6.51. The number of rotatable bonds is 2. The maximum Gasteiger partial charge on any atom is 0.256 e. The Labute approximate surface area is 107 Å². The van der Waals surface area contributed by atoms with E-state index in [0.717, 1.165) is 13.1 Å². The molecule has 1 fully saturated rings. The quantitative estimate of drug-likeness (QED) is 0.801. The zero-order valence-electron chi connectivity index (χ0n) is 10.9. The normalized spacial score (nSPS) is 21.1. The first kappa shape index (κ1) is 13.0. The molecule has 1 aliphatic heterocycles. The molecular formula is C14H19FN2O. The molecule has 1 saturated heterocycles. The summed E-state index contributed by atoms with van der Waals surface area (Å²) in [4.78, 5) is 16.3. The van der Waals surface area contributed by atoms with Gasteiger partial charge in [0.1, 0.15) is 5.82 Å². The van der Waals surface area contributed by atoms with Crippen molar-refractivity contribution >= 4 is 5.91 Å². The fraction of sp³-hybridized carbons (Fsp3) is 0.500. The van der Waals surface area contributed by atoms with Gasteiger partial charge in [0, 0.05) is 25.7 Å². The molecule has 0 aliphatic carbocycles. The molecule has 2 rings (SSSR count). The SMILES string of the molecule is CCN1CCN(C(=O)c2ccccc2F)CC1C. The van der Waals surface area contributed by atoms with Crippen LogP contribution in [0.2, 0.25) is 0 Å². The molecule has 0 spiro atoms. The molecule has 98 valence electrons. The van der Waals surface area contributed by atoms with Crippen LogP contribution in [0, 0.1) is 5.82 Å². The topological polar surface area (TPSA) is 23.6 Å². The van der Waals surface area contributed by atoms with Gasteiger partial charge in [-0.3, -0.25) is 9.69 Å². The fourth-order valence-electron chi connectivity index (χ4n) is 2.45. The van der Waals surface area contributed by atoms with Gasteiger partial charge in [-0.1, -0.05) is 19.1 Å². The number of nitrogens with zero attached hydrogens (tertiary/aromatic N) is 2. The number of hydrogen-bond acceptors (Lipinski definition) is 2. The van der Waals surface area contributed by atoms with Crippen molar-refractivity contribution in [2.45, 2.75) is 19.9 Å². The van der Waals surface area contributed by atoms with E-state index in [-0.39, 0.29) is 11.5 Å². The van der Waals surface area contributed by atoms with Crippen LogP contribution < -0.4 is 0 Å². The molecule has 1 aromatic rings. The largest absolute Gasteiger partial charge is 0.336 e. The molecule has 0 aromatic heterocycles. The van der Waals surface area contributed by atoms with Gasteiger partial charge in [0.15, 0.2) is 0 Å². The summed E-state index contributed by atoms with van der Waals surface area (Å²) in [7, 11) is 0. The Morgan fingerprint density at radius 1 is 1.39 bits per heavy atom. The predicted octanol–water partition coefficient (Wildman–Crippen LogP) is 1.99. The summed E-state index contributed by atoms with van der Waals surface area (Å²) < 4.78 is 13.6. The Bertz CT molecular complexity index is 436. The molecule has 1 heterocycles. The highest BCUT2D eigenvalue weighted by molar-refractivity contribution is 5.94. The Morgan fingerprint density at radius 2 is 2.11 bits per heavy atom. The summed E-state index contributed by atoms with van der Waals surface area (Å²) in [6.45, 7) is 7.41. The molecule has 18 heavy (non-hydrogen) atoms. The Morgan fingerprint density at radius 3 is 2.72 bits per heavy atom. The summed E-state index contributed by atoms with van der Waals surface area (Å²) in [6.07, 6.45) is 0. The van der Waals surface area contributed by atoms with Crippen LogP contribution in [-0.4, -0.2) is 47.9 Å². The Hall–Kier alpha value is -1.42. The predicted molar refractivity (Wildman–Crippen MR) is 69.0 cm³/mol. The third kappa shape index (κ3) is 2.53. The highest BCUT2D eigenvalue weighted by atomic mass is 19.1. The van der Waals surface area contributed by atoms with Gasteiger partial charge in [-0.2, -0.15) is 0 Å². The molecule has 4 heteroatoms. The molecule has 1 amide bonds. The molecule has 1 aromatic carbocycles. The smallest absolute Gasteiger partial charge is 0.256 e. The first-order valence-electron chi connectivity index (χ1n) is 6.41. The lowest BCUT2D eigenvalue weighted by molar-refractivity contribution is 0.0524. The highest BCUT2D eigenvalue weighted by Crippen LogP contribution is 2.14. The number of amides is 1. The third-order valence-corrected chi connectivity index (χ3v) is 3.56. The van der Waals surface area contributed by atoms with E-state index in [2.05, 4.69) is 18.7 Å². The summed E-state index contributed by atoms with van der Waals surface area (Å²) in [5.74, 6) is -0.635. The van der Waals surface area contributed by atoms with E-state index in [1.165, 1.54) is 6.07 Å². The van der Waals surface area contributed by atoms with Crippen molar-refractivity contribution in [1.29, 1.82) is 0 Å². The standard InChI is InChI=1S/C14H19FN2O/c1-3-16-8-9-17(10-11(16)2)14(18)12-6-4-5-7-13(12)15/h4-7,11H,3,8-10H2,1-2H3. The molecule has 0 N–H and O–H groups in total. The second kappa shape index (κ2) is 5.48. The van der Waals surface area contributed by atoms with E-state index < -0.39 is 5.82 Å². The van der Waals surface area contributed by atoms with Gasteiger partial charge in [-0.05, 0) is 25.6 Å². The van der Waals surface area contributed by atoms with Crippen molar-refractivity contribution in [3.05, 3.63) is 35.6 Å². The monoisotopic (exact) mass is 250 g/mol. The van der Waals surface area contributed by atoms with Crippen molar-refractivity contribution in [1.82, 2.24) is 9.80 Å². The van der Waals surface area contributed by atoms with Gasteiger partial charge < -0.3 is 4.90 Å². The van der Waals surface area contributed by atoms with Crippen molar-refractivity contribution < 1.29 is 9.18 Å². The summed E-state index contributed by atoms with van der Waals surface area (Å²) in [5, 5.41) is 0. The maximum atomic E-state index is 13.6. The average Bonchev–Trinajstić information content (AvgIpc) is 2.38. The van der Waals surface area contributed by atoms with Crippen molar-refractivity contribution in [3.63, 3.8) is 0 Å². The van der Waals surface area contributed by atoms with Crippen LogP contribution >= 0.6 is 0 Å². The number of likely N-dealkylation sites (N-methyl/N-ethyl adjacent to an activating group) is 1. The number of piperazine rings is 1. The van der Waals surface area contributed by atoms with E-state index >= 15 is 0 Å².